The van der Waals surface area contributed by atoms with Crippen LogP contribution in [0, 0.1) is 17.1 Å². The van der Waals surface area contributed by atoms with Crippen LogP contribution < -0.4 is 4.90 Å². The molecule has 5 rings (SSSR count). The Kier molecular flexibility index (Phi) is 8.82. The van der Waals surface area contributed by atoms with E-state index in [1.807, 2.05) is 21.6 Å². The predicted octanol–water partition coefficient (Wildman–Crippen LogP) is 4.62. The number of phenolic OH excluding ortho intramolecular Hbond substituents is 1. The minimum Gasteiger partial charge on any atom is -0.508 e. The van der Waals surface area contributed by atoms with E-state index in [9.17, 15) is 22.7 Å². The topological polar surface area (TPSA) is 120 Å². The smallest absolute Gasteiger partial charge is 0.241 e. The van der Waals surface area contributed by atoms with Gasteiger partial charge in [-0.3, -0.25) is 9.69 Å². The highest BCUT2D eigenvalue weighted by atomic mass is 35.5. The first-order chi connectivity index (χ1) is 20.5. The van der Waals surface area contributed by atoms with Gasteiger partial charge in [0, 0.05) is 48.7 Å². The fraction of sp³-hybridized carbons (Fsp3) is 0.258. The van der Waals surface area contributed by atoms with Crippen LogP contribution in [-0.2, 0) is 27.7 Å². The first-order valence-corrected chi connectivity index (χ1v) is 15.9. The third-order valence-corrected chi connectivity index (χ3v) is 8.66. The summed E-state index contributed by atoms with van der Waals surface area (Å²) in [5, 5.41) is 19.5. The Balaban J connectivity index is 1.43. The molecule has 1 amide bonds. The van der Waals surface area contributed by atoms with E-state index < -0.39 is 15.7 Å². The number of carbonyl (C=O) groups excluding carboxylic acids is 1. The number of aromatic nitrogens is 2. The Labute approximate surface area is 254 Å². The molecule has 0 unspecified atom stereocenters. The molecule has 0 spiro atoms. The molecule has 1 atom stereocenters. The van der Waals surface area contributed by atoms with Gasteiger partial charge in [0.1, 0.15) is 27.5 Å². The number of nitriles is 1. The van der Waals surface area contributed by atoms with Crippen LogP contribution in [0.2, 0.25) is 5.02 Å². The molecule has 0 radical (unpaired) electrons. The highest BCUT2D eigenvalue weighted by molar-refractivity contribution is 7.90. The van der Waals surface area contributed by atoms with E-state index in [1.54, 1.807) is 59.9 Å². The van der Waals surface area contributed by atoms with Crippen LogP contribution in [-0.4, -0.2) is 65.0 Å². The van der Waals surface area contributed by atoms with Crippen LogP contribution >= 0.6 is 11.6 Å². The van der Waals surface area contributed by atoms with Crippen molar-refractivity contribution in [3.8, 4) is 22.9 Å². The first-order valence-electron chi connectivity index (χ1n) is 13.5. The number of imidazole rings is 1. The lowest BCUT2D eigenvalue weighted by Crippen LogP contribution is -2.56. The van der Waals surface area contributed by atoms with Gasteiger partial charge in [0.2, 0.25) is 5.91 Å². The molecule has 0 bridgehead atoms. The zero-order valence-corrected chi connectivity index (χ0v) is 24.9. The minimum atomic E-state index is -3.28. The Bertz CT molecular complexity index is 1820. The van der Waals surface area contributed by atoms with Crippen molar-refractivity contribution in [2.24, 2.45) is 0 Å². The molecular weight excluding hydrogens is 593 g/mol. The Morgan fingerprint density at radius 2 is 1.95 bits per heavy atom. The molecule has 1 N–H and O–H groups in total. The largest absolute Gasteiger partial charge is 0.508 e. The second kappa shape index (κ2) is 12.6. The van der Waals surface area contributed by atoms with Crippen molar-refractivity contribution in [1.82, 2.24) is 14.5 Å². The summed E-state index contributed by atoms with van der Waals surface area (Å²) in [5.74, 6) is -0.773. The summed E-state index contributed by atoms with van der Waals surface area (Å²) in [7, 11) is -3.28. The van der Waals surface area contributed by atoms with Crippen molar-refractivity contribution in [2.75, 3.05) is 30.0 Å². The van der Waals surface area contributed by atoms with Gasteiger partial charge in [-0.05, 0) is 53.9 Å². The molecule has 3 aromatic carbocycles. The quantitative estimate of drug-likeness (QED) is 0.290. The number of halogens is 2. The van der Waals surface area contributed by atoms with Crippen LogP contribution in [0.4, 0.5) is 10.1 Å². The van der Waals surface area contributed by atoms with Gasteiger partial charge in [0.05, 0.1) is 35.6 Å². The number of rotatable bonds is 9. The second-order valence-corrected chi connectivity index (χ2v) is 13.3. The van der Waals surface area contributed by atoms with Crippen LogP contribution in [0.5, 0.6) is 5.75 Å². The Morgan fingerprint density at radius 3 is 2.67 bits per heavy atom. The maximum Gasteiger partial charge on any atom is 0.241 e. The lowest BCUT2D eigenvalue weighted by Gasteiger charge is -2.41. The van der Waals surface area contributed by atoms with Gasteiger partial charge in [-0.15, -0.1) is 0 Å². The number of anilines is 1. The van der Waals surface area contributed by atoms with Crippen molar-refractivity contribution in [3.05, 3.63) is 101 Å². The second-order valence-electron chi connectivity index (χ2n) is 10.6. The Hall–Kier alpha value is -4.24. The summed E-state index contributed by atoms with van der Waals surface area (Å²) in [5.41, 5.74) is 3.35. The fourth-order valence-electron chi connectivity index (χ4n) is 5.28. The number of aromatic hydroxyl groups is 1. The van der Waals surface area contributed by atoms with Gasteiger partial charge in [-0.25, -0.2) is 17.8 Å². The molecule has 1 aliphatic rings. The third-order valence-electron chi connectivity index (χ3n) is 7.45. The van der Waals surface area contributed by atoms with Gasteiger partial charge in [-0.2, -0.15) is 5.26 Å². The van der Waals surface area contributed by atoms with Crippen LogP contribution in [0.15, 0.2) is 73.2 Å². The molecule has 1 aliphatic heterocycles. The highest BCUT2D eigenvalue weighted by Gasteiger charge is 2.35. The molecule has 9 nitrogen and oxygen atoms in total. The monoisotopic (exact) mass is 621 g/mol. The van der Waals surface area contributed by atoms with Gasteiger partial charge in [-0.1, -0.05) is 35.9 Å². The number of amides is 1. The number of hydrogen-bond acceptors (Lipinski definition) is 7. The van der Waals surface area contributed by atoms with Crippen molar-refractivity contribution in [1.29, 1.82) is 5.26 Å². The lowest BCUT2D eigenvalue weighted by atomic mass is 10.0. The predicted molar refractivity (Wildman–Crippen MR) is 162 cm³/mol. The number of hydrogen-bond donors (Lipinski definition) is 1. The highest BCUT2D eigenvalue weighted by Crippen LogP contribution is 2.36. The van der Waals surface area contributed by atoms with Crippen molar-refractivity contribution >= 4 is 33.0 Å². The fourth-order valence-corrected chi connectivity index (χ4v) is 6.14. The lowest BCUT2D eigenvalue weighted by molar-refractivity contribution is -0.122. The van der Waals surface area contributed by atoms with E-state index in [-0.39, 0.29) is 42.1 Å². The number of sulfone groups is 1. The summed E-state index contributed by atoms with van der Waals surface area (Å²) in [6.45, 7) is 0.837. The maximum atomic E-state index is 14.2. The number of carbonyl (C=O) groups is 1. The molecule has 1 saturated heterocycles. The summed E-state index contributed by atoms with van der Waals surface area (Å²) in [6.07, 6.45) is 4.76. The molecule has 2 heterocycles. The SMILES string of the molecule is CS(=O)(=O)CC[C@H]1CN(c2cc(Cl)ccc2-c2cccc(O)c2)C(=O)CN1Cc1cncn1Cc1ccc(C#N)c(F)c1. The summed E-state index contributed by atoms with van der Waals surface area (Å²) in [6, 6.07) is 17.8. The number of nitrogens with zero attached hydrogens (tertiary/aromatic N) is 5. The number of piperazine rings is 1. The first kappa shape index (κ1) is 30.2. The molecule has 222 valence electrons. The minimum absolute atomic E-state index is 0.0110. The molecule has 43 heavy (non-hydrogen) atoms. The average Bonchev–Trinajstić information content (AvgIpc) is 3.38. The summed E-state index contributed by atoms with van der Waals surface area (Å²) < 4.78 is 40.4. The zero-order chi connectivity index (χ0) is 30.7. The van der Waals surface area contributed by atoms with Gasteiger partial charge < -0.3 is 14.6 Å². The number of benzene rings is 3. The van der Waals surface area contributed by atoms with E-state index in [1.165, 1.54) is 18.4 Å². The molecule has 4 aromatic rings. The maximum absolute atomic E-state index is 14.2. The molecular formula is C31H29ClFN5O4S. The molecule has 0 aliphatic carbocycles. The molecule has 12 heteroatoms. The average molecular weight is 622 g/mol. The van der Waals surface area contributed by atoms with E-state index >= 15 is 0 Å². The van der Waals surface area contributed by atoms with Crippen LogP contribution in [0.25, 0.3) is 11.1 Å². The summed E-state index contributed by atoms with van der Waals surface area (Å²) in [4.78, 5) is 21.5. The van der Waals surface area contributed by atoms with Gasteiger partial charge in [0.15, 0.2) is 0 Å². The zero-order valence-electron chi connectivity index (χ0n) is 23.3. The van der Waals surface area contributed by atoms with Crippen LogP contribution in [0.1, 0.15) is 23.2 Å². The number of phenols is 1. The van der Waals surface area contributed by atoms with E-state index in [0.29, 0.717) is 46.9 Å². The standard InChI is InChI=1S/C31H29ClFN5O4S/c1-43(41,42)10-9-25-18-38(30-13-24(32)7-8-28(30)22-3-2-4-27(39)12-22)31(40)19-36(25)17-26-15-35-20-37(26)16-21-5-6-23(14-34)29(33)11-21/h2-8,11-13,15,20,25,39H,9-10,16-19H2,1H3/t25-/m0/s1. The van der Waals surface area contributed by atoms with Gasteiger partial charge >= 0.3 is 0 Å². The van der Waals surface area contributed by atoms with Gasteiger partial charge in [0.25, 0.3) is 0 Å². The molecule has 0 saturated carbocycles. The van der Waals surface area contributed by atoms with E-state index in [2.05, 4.69) is 4.98 Å². The van der Waals surface area contributed by atoms with Crippen molar-refractivity contribution in [3.63, 3.8) is 0 Å². The molecule has 1 aromatic heterocycles. The van der Waals surface area contributed by atoms with Crippen molar-refractivity contribution in [2.45, 2.75) is 25.6 Å². The Morgan fingerprint density at radius 1 is 1.14 bits per heavy atom. The normalized spacial score (nSPS) is 15.9. The van der Waals surface area contributed by atoms with Crippen molar-refractivity contribution < 1.29 is 22.7 Å². The molecule has 1 fully saturated rings. The van der Waals surface area contributed by atoms with Crippen LogP contribution in [0.3, 0.4) is 0 Å². The van der Waals surface area contributed by atoms with E-state index in [0.717, 1.165) is 5.69 Å². The van der Waals surface area contributed by atoms with E-state index in [4.69, 9.17) is 16.9 Å². The third kappa shape index (κ3) is 7.22. The summed E-state index contributed by atoms with van der Waals surface area (Å²) >= 11 is 6.37.